The average molecular weight is 305 g/mol. The summed E-state index contributed by atoms with van der Waals surface area (Å²) in [6, 6.07) is 11.1. The molecule has 4 nitrogen and oxygen atoms in total. The Morgan fingerprint density at radius 3 is 2.71 bits per heavy atom. The highest BCUT2D eigenvalue weighted by Gasteiger charge is 2.12. The summed E-state index contributed by atoms with van der Waals surface area (Å²) in [5, 5.41) is 0.372. The van der Waals surface area contributed by atoms with E-state index in [0.29, 0.717) is 23.9 Å². The Labute approximate surface area is 129 Å². The average Bonchev–Trinajstić information content (AvgIpc) is 2.49. The van der Waals surface area contributed by atoms with Crippen LogP contribution in [0.4, 0.5) is 0 Å². The predicted molar refractivity (Wildman–Crippen MR) is 82.9 cm³/mol. The Morgan fingerprint density at radius 2 is 2.05 bits per heavy atom. The zero-order valence-electron chi connectivity index (χ0n) is 12.0. The number of carbonyl (C=O) groups excluding carboxylic acids is 1. The van der Waals surface area contributed by atoms with Crippen LogP contribution in [0.3, 0.4) is 0 Å². The quantitative estimate of drug-likeness (QED) is 0.797. The molecule has 0 N–H and O–H groups in total. The van der Waals surface area contributed by atoms with Gasteiger partial charge in [0.2, 0.25) is 0 Å². The van der Waals surface area contributed by atoms with Crippen LogP contribution in [0.25, 0.3) is 0 Å². The minimum absolute atomic E-state index is 0.104. The molecule has 0 bridgehead atoms. The monoisotopic (exact) mass is 304 g/mol. The summed E-state index contributed by atoms with van der Waals surface area (Å²) in [6.07, 6.45) is 1.48. The number of ether oxygens (including phenoxy) is 1. The van der Waals surface area contributed by atoms with Gasteiger partial charge in [-0.1, -0.05) is 29.8 Å². The molecule has 0 spiro atoms. The van der Waals surface area contributed by atoms with Crippen molar-refractivity contribution in [2.75, 3.05) is 20.2 Å². The molecule has 1 aromatic carbocycles. The lowest BCUT2D eigenvalue weighted by Gasteiger charge is -2.18. The Balaban J connectivity index is 1.87. The minimum atomic E-state index is -0.104. The number of hydrogen-bond donors (Lipinski definition) is 0. The molecule has 0 atom stereocenters. The third-order valence-corrected chi connectivity index (χ3v) is 3.32. The minimum Gasteiger partial charge on any atom is -0.491 e. The van der Waals surface area contributed by atoms with E-state index in [2.05, 4.69) is 4.98 Å². The molecule has 5 heteroatoms. The van der Waals surface area contributed by atoms with Gasteiger partial charge in [-0.2, -0.15) is 0 Å². The number of pyridine rings is 1. The fourth-order valence-corrected chi connectivity index (χ4v) is 1.95. The van der Waals surface area contributed by atoms with Crippen molar-refractivity contribution in [2.45, 2.75) is 6.92 Å². The molecule has 2 aromatic rings. The van der Waals surface area contributed by atoms with Crippen LogP contribution in [0.5, 0.6) is 5.75 Å². The summed E-state index contributed by atoms with van der Waals surface area (Å²) in [5.74, 6) is 0.735. The maximum absolute atomic E-state index is 12.2. The van der Waals surface area contributed by atoms with Crippen molar-refractivity contribution in [2.24, 2.45) is 0 Å². The SMILES string of the molecule is Cc1ccccc1OCCN(C)C(=O)c1ccc(Cl)nc1. The maximum atomic E-state index is 12.2. The van der Waals surface area contributed by atoms with Gasteiger partial charge >= 0.3 is 0 Å². The summed E-state index contributed by atoms with van der Waals surface area (Å²) in [7, 11) is 1.73. The molecule has 0 fully saturated rings. The van der Waals surface area contributed by atoms with Gasteiger partial charge in [0.05, 0.1) is 12.1 Å². The number of para-hydroxylation sites is 1. The summed E-state index contributed by atoms with van der Waals surface area (Å²) in [5.41, 5.74) is 1.59. The van der Waals surface area contributed by atoms with Gasteiger partial charge in [-0.3, -0.25) is 4.79 Å². The fraction of sp³-hybridized carbons (Fsp3) is 0.250. The Morgan fingerprint density at radius 1 is 1.29 bits per heavy atom. The first-order valence-corrected chi connectivity index (χ1v) is 7.01. The standard InChI is InChI=1S/C16H17ClN2O2/c1-12-5-3-4-6-14(12)21-10-9-19(2)16(20)13-7-8-15(17)18-11-13/h3-8,11H,9-10H2,1-2H3. The lowest BCUT2D eigenvalue weighted by atomic mass is 10.2. The van der Waals surface area contributed by atoms with E-state index in [1.165, 1.54) is 6.20 Å². The van der Waals surface area contributed by atoms with Crippen LogP contribution in [0, 0.1) is 6.92 Å². The van der Waals surface area contributed by atoms with Crippen LogP contribution in [-0.2, 0) is 0 Å². The molecular formula is C16H17ClN2O2. The van der Waals surface area contributed by atoms with E-state index >= 15 is 0 Å². The fourth-order valence-electron chi connectivity index (χ4n) is 1.84. The second kappa shape index (κ2) is 7.09. The van der Waals surface area contributed by atoms with Crippen LogP contribution in [-0.4, -0.2) is 36.0 Å². The zero-order valence-corrected chi connectivity index (χ0v) is 12.8. The van der Waals surface area contributed by atoms with Crippen LogP contribution in [0.1, 0.15) is 15.9 Å². The van der Waals surface area contributed by atoms with Gasteiger partial charge in [-0.05, 0) is 30.7 Å². The molecule has 0 saturated carbocycles. The summed E-state index contributed by atoms with van der Waals surface area (Å²) >= 11 is 5.71. The van der Waals surface area contributed by atoms with Crippen LogP contribution in [0.15, 0.2) is 42.6 Å². The number of likely N-dealkylation sites (N-methyl/N-ethyl adjacent to an activating group) is 1. The van der Waals surface area contributed by atoms with E-state index in [9.17, 15) is 4.79 Å². The summed E-state index contributed by atoms with van der Waals surface area (Å²) in [4.78, 5) is 17.7. The van der Waals surface area contributed by atoms with Crippen molar-refractivity contribution in [3.05, 3.63) is 58.9 Å². The Kier molecular flexibility index (Phi) is 5.17. The molecule has 2 rings (SSSR count). The molecule has 0 radical (unpaired) electrons. The topological polar surface area (TPSA) is 42.4 Å². The first-order chi connectivity index (χ1) is 10.1. The predicted octanol–water partition coefficient (Wildman–Crippen LogP) is 3.19. The van der Waals surface area contributed by atoms with E-state index < -0.39 is 0 Å². The van der Waals surface area contributed by atoms with Gasteiger partial charge < -0.3 is 9.64 Å². The molecule has 0 saturated heterocycles. The largest absolute Gasteiger partial charge is 0.491 e. The molecular weight excluding hydrogens is 288 g/mol. The van der Waals surface area contributed by atoms with E-state index in [1.807, 2.05) is 31.2 Å². The molecule has 0 unspecified atom stereocenters. The molecule has 1 aromatic heterocycles. The highest BCUT2D eigenvalue weighted by molar-refractivity contribution is 6.29. The number of benzene rings is 1. The van der Waals surface area contributed by atoms with E-state index in [0.717, 1.165) is 11.3 Å². The van der Waals surface area contributed by atoms with Gasteiger partial charge in [0, 0.05) is 13.2 Å². The van der Waals surface area contributed by atoms with Crippen molar-refractivity contribution in [1.82, 2.24) is 9.88 Å². The number of hydrogen-bond acceptors (Lipinski definition) is 3. The third-order valence-electron chi connectivity index (χ3n) is 3.10. The second-order valence-electron chi connectivity index (χ2n) is 4.71. The summed E-state index contributed by atoms with van der Waals surface area (Å²) < 4.78 is 5.68. The molecule has 1 amide bonds. The van der Waals surface area contributed by atoms with Crippen molar-refractivity contribution in [3.8, 4) is 5.75 Å². The second-order valence-corrected chi connectivity index (χ2v) is 5.10. The normalized spacial score (nSPS) is 10.2. The van der Waals surface area contributed by atoms with Crippen LogP contribution in [0.2, 0.25) is 5.15 Å². The molecule has 110 valence electrons. The third kappa shape index (κ3) is 4.20. The maximum Gasteiger partial charge on any atom is 0.255 e. The van der Waals surface area contributed by atoms with Crippen molar-refractivity contribution < 1.29 is 9.53 Å². The number of aryl methyl sites for hydroxylation is 1. The first-order valence-electron chi connectivity index (χ1n) is 6.63. The van der Waals surface area contributed by atoms with E-state index in [4.69, 9.17) is 16.3 Å². The Bertz CT molecular complexity index is 614. The summed E-state index contributed by atoms with van der Waals surface area (Å²) in [6.45, 7) is 2.92. The van der Waals surface area contributed by atoms with E-state index in [1.54, 1.807) is 24.1 Å². The number of halogens is 1. The van der Waals surface area contributed by atoms with E-state index in [-0.39, 0.29) is 5.91 Å². The Hall–Kier alpha value is -2.07. The number of nitrogens with zero attached hydrogens (tertiary/aromatic N) is 2. The van der Waals surface area contributed by atoms with Gasteiger partial charge in [-0.15, -0.1) is 0 Å². The highest BCUT2D eigenvalue weighted by atomic mass is 35.5. The number of carbonyl (C=O) groups is 1. The molecule has 21 heavy (non-hydrogen) atoms. The highest BCUT2D eigenvalue weighted by Crippen LogP contribution is 2.16. The van der Waals surface area contributed by atoms with Crippen LogP contribution < -0.4 is 4.74 Å². The van der Waals surface area contributed by atoms with Crippen molar-refractivity contribution >= 4 is 17.5 Å². The molecule has 1 heterocycles. The molecule has 0 aliphatic heterocycles. The number of amides is 1. The van der Waals surface area contributed by atoms with Gasteiger partial charge in [0.1, 0.15) is 17.5 Å². The number of rotatable bonds is 5. The van der Waals surface area contributed by atoms with Crippen LogP contribution >= 0.6 is 11.6 Å². The smallest absolute Gasteiger partial charge is 0.255 e. The van der Waals surface area contributed by atoms with Crippen molar-refractivity contribution in [1.29, 1.82) is 0 Å². The van der Waals surface area contributed by atoms with Gasteiger partial charge in [-0.25, -0.2) is 4.98 Å². The zero-order chi connectivity index (χ0) is 15.2. The lowest BCUT2D eigenvalue weighted by Crippen LogP contribution is -2.31. The van der Waals surface area contributed by atoms with Gasteiger partial charge in [0.25, 0.3) is 5.91 Å². The first kappa shape index (κ1) is 15.3. The number of aromatic nitrogens is 1. The van der Waals surface area contributed by atoms with Gasteiger partial charge in [0.15, 0.2) is 0 Å². The molecule has 0 aliphatic carbocycles. The lowest BCUT2D eigenvalue weighted by molar-refractivity contribution is 0.0773. The van der Waals surface area contributed by atoms with Crippen molar-refractivity contribution in [3.63, 3.8) is 0 Å². The molecule has 0 aliphatic rings.